The molecule has 1 aromatic heterocycles. The Morgan fingerprint density at radius 3 is 3.00 bits per heavy atom. The van der Waals surface area contributed by atoms with Gasteiger partial charge in [-0.15, -0.1) is 0 Å². The fourth-order valence-corrected chi connectivity index (χ4v) is 1.96. The lowest BCUT2D eigenvalue weighted by Crippen LogP contribution is -2.25. The van der Waals surface area contributed by atoms with E-state index in [2.05, 4.69) is 17.3 Å². The summed E-state index contributed by atoms with van der Waals surface area (Å²) < 4.78 is 1.37. The van der Waals surface area contributed by atoms with E-state index in [1.165, 1.54) is 22.6 Å². The van der Waals surface area contributed by atoms with E-state index in [4.69, 9.17) is 0 Å². The van der Waals surface area contributed by atoms with Crippen LogP contribution in [0.3, 0.4) is 0 Å². The molecule has 2 rings (SSSR count). The monoisotopic (exact) mass is 290 g/mol. The normalized spacial score (nSPS) is 12.1. The van der Waals surface area contributed by atoms with Gasteiger partial charge in [-0.1, -0.05) is 19.1 Å². The Kier molecular flexibility index (Phi) is 4.89. The zero-order valence-electron chi connectivity index (χ0n) is 11.8. The van der Waals surface area contributed by atoms with Crippen LogP contribution < -0.4 is 5.32 Å². The number of nitro groups is 1. The van der Waals surface area contributed by atoms with Crippen molar-refractivity contribution in [2.75, 3.05) is 11.9 Å². The van der Waals surface area contributed by atoms with Gasteiger partial charge in [0.25, 0.3) is 0 Å². The van der Waals surface area contributed by atoms with Gasteiger partial charge in [0, 0.05) is 12.2 Å². The number of hydrogen-bond donors (Lipinski definition) is 2. The van der Waals surface area contributed by atoms with Gasteiger partial charge < -0.3 is 10.4 Å². The van der Waals surface area contributed by atoms with Crippen LogP contribution in [0.1, 0.15) is 12.5 Å². The molecule has 112 valence electrons. The van der Waals surface area contributed by atoms with Gasteiger partial charge in [-0.05, 0) is 24.1 Å². The van der Waals surface area contributed by atoms with Gasteiger partial charge in [0.15, 0.2) is 0 Å². The van der Waals surface area contributed by atoms with Crippen LogP contribution in [0.5, 0.6) is 0 Å². The summed E-state index contributed by atoms with van der Waals surface area (Å²) in [5.74, 6) is 0. The third-order valence-electron chi connectivity index (χ3n) is 3.11. The zero-order valence-corrected chi connectivity index (χ0v) is 11.8. The SMILES string of the molecule is CCc1cccc(NCC(O)Cn2cc([N+](=O)[O-])cn2)c1. The van der Waals surface area contributed by atoms with E-state index in [1.54, 1.807) is 0 Å². The number of aliphatic hydroxyl groups is 1. The molecule has 1 unspecified atom stereocenters. The largest absolute Gasteiger partial charge is 0.389 e. The van der Waals surface area contributed by atoms with Crippen LogP contribution in [0.15, 0.2) is 36.7 Å². The summed E-state index contributed by atoms with van der Waals surface area (Å²) in [6.07, 6.45) is 2.75. The number of aliphatic hydroxyl groups excluding tert-OH is 1. The highest BCUT2D eigenvalue weighted by atomic mass is 16.6. The number of aromatic nitrogens is 2. The Labute approximate surface area is 122 Å². The first-order valence-corrected chi connectivity index (χ1v) is 6.76. The van der Waals surface area contributed by atoms with Crippen LogP contribution in [-0.2, 0) is 13.0 Å². The van der Waals surface area contributed by atoms with Gasteiger partial charge in [-0.25, -0.2) is 0 Å². The summed E-state index contributed by atoms with van der Waals surface area (Å²) in [6.45, 7) is 2.63. The van der Waals surface area contributed by atoms with Crippen LogP contribution in [0.4, 0.5) is 11.4 Å². The first kappa shape index (κ1) is 15.0. The van der Waals surface area contributed by atoms with Gasteiger partial charge in [0.2, 0.25) is 0 Å². The molecule has 0 fully saturated rings. The molecule has 1 heterocycles. The van der Waals surface area contributed by atoms with Crippen molar-refractivity contribution in [3.8, 4) is 0 Å². The molecule has 0 saturated carbocycles. The van der Waals surface area contributed by atoms with Gasteiger partial charge in [-0.3, -0.25) is 14.8 Å². The fraction of sp³-hybridized carbons (Fsp3) is 0.357. The summed E-state index contributed by atoms with van der Waals surface area (Å²) in [6, 6.07) is 7.98. The van der Waals surface area contributed by atoms with Gasteiger partial charge in [0.1, 0.15) is 12.4 Å². The number of benzene rings is 1. The van der Waals surface area contributed by atoms with Crippen molar-refractivity contribution in [3.05, 3.63) is 52.3 Å². The quantitative estimate of drug-likeness (QED) is 0.599. The lowest BCUT2D eigenvalue weighted by atomic mass is 10.1. The van der Waals surface area contributed by atoms with Crippen molar-refractivity contribution in [2.24, 2.45) is 0 Å². The summed E-state index contributed by atoms with van der Waals surface area (Å²) >= 11 is 0. The molecule has 0 saturated heterocycles. The van der Waals surface area contributed by atoms with Gasteiger partial charge in [0.05, 0.1) is 17.6 Å². The molecule has 2 aromatic rings. The minimum atomic E-state index is -0.685. The molecule has 0 spiro atoms. The zero-order chi connectivity index (χ0) is 15.2. The van der Waals surface area contributed by atoms with Crippen LogP contribution in [0.25, 0.3) is 0 Å². The topological polar surface area (TPSA) is 93.2 Å². The van der Waals surface area contributed by atoms with E-state index < -0.39 is 11.0 Å². The summed E-state index contributed by atoms with van der Waals surface area (Å²) in [5.41, 5.74) is 2.09. The smallest absolute Gasteiger partial charge is 0.306 e. The molecule has 0 bridgehead atoms. The van der Waals surface area contributed by atoms with E-state index in [9.17, 15) is 15.2 Å². The third-order valence-corrected chi connectivity index (χ3v) is 3.11. The number of rotatable bonds is 7. The van der Waals surface area contributed by atoms with Crippen molar-refractivity contribution in [1.82, 2.24) is 9.78 Å². The van der Waals surface area contributed by atoms with Crippen LogP contribution >= 0.6 is 0 Å². The average molecular weight is 290 g/mol. The average Bonchev–Trinajstić information content (AvgIpc) is 2.94. The Balaban J connectivity index is 1.86. The Hall–Kier alpha value is -2.41. The van der Waals surface area contributed by atoms with E-state index in [-0.39, 0.29) is 12.2 Å². The van der Waals surface area contributed by atoms with E-state index in [1.807, 2.05) is 24.3 Å². The number of aryl methyl sites for hydroxylation is 1. The molecule has 7 heteroatoms. The minimum Gasteiger partial charge on any atom is -0.389 e. The molecule has 0 amide bonds. The fourth-order valence-electron chi connectivity index (χ4n) is 1.96. The van der Waals surface area contributed by atoms with E-state index in [0.29, 0.717) is 6.54 Å². The molecule has 0 aliphatic heterocycles. The van der Waals surface area contributed by atoms with E-state index in [0.717, 1.165) is 12.1 Å². The number of hydrogen-bond acceptors (Lipinski definition) is 5. The Morgan fingerprint density at radius 2 is 2.33 bits per heavy atom. The highest BCUT2D eigenvalue weighted by molar-refractivity contribution is 5.45. The van der Waals surface area contributed by atoms with Crippen LogP contribution in [-0.4, -0.2) is 32.5 Å². The number of anilines is 1. The molecule has 7 nitrogen and oxygen atoms in total. The van der Waals surface area contributed by atoms with Crippen molar-refractivity contribution in [3.63, 3.8) is 0 Å². The lowest BCUT2D eigenvalue weighted by molar-refractivity contribution is -0.385. The van der Waals surface area contributed by atoms with Crippen molar-refractivity contribution >= 4 is 11.4 Å². The number of nitrogens with one attached hydrogen (secondary N) is 1. The third kappa shape index (κ3) is 4.28. The molecule has 1 aromatic carbocycles. The highest BCUT2D eigenvalue weighted by Crippen LogP contribution is 2.12. The first-order chi connectivity index (χ1) is 10.1. The lowest BCUT2D eigenvalue weighted by Gasteiger charge is -2.13. The molecule has 2 N–H and O–H groups in total. The second kappa shape index (κ2) is 6.85. The molecule has 0 radical (unpaired) electrons. The minimum absolute atomic E-state index is 0.0780. The van der Waals surface area contributed by atoms with Crippen molar-refractivity contribution < 1.29 is 10.0 Å². The maximum Gasteiger partial charge on any atom is 0.306 e. The maximum atomic E-state index is 10.5. The second-order valence-corrected chi connectivity index (χ2v) is 4.77. The predicted molar refractivity (Wildman–Crippen MR) is 79.2 cm³/mol. The molecular weight excluding hydrogens is 272 g/mol. The molecular formula is C14H18N4O3. The molecule has 21 heavy (non-hydrogen) atoms. The first-order valence-electron chi connectivity index (χ1n) is 6.76. The molecule has 1 atom stereocenters. The van der Waals surface area contributed by atoms with Crippen molar-refractivity contribution in [1.29, 1.82) is 0 Å². The summed E-state index contributed by atoms with van der Waals surface area (Å²) in [5, 5.41) is 27.5. The van der Waals surface area contributed by atoms with Crippen LogP contribution in [0.2, 0.25) is 0 Å². The van der Waals surface area contributed by atoms with Crippen molar-refractivity contribution in [2.45, 2.75) is 26.0 Å². The summed E-state index contributed by atoms with van der Waals surface area (Å²) in [4.78, 5) is 10.0. The highest BCUT2D eigenvalue weighted by Gasteiger charge is 2.11. The Bertz CT molecular complexity index is 612. The van der Waals surface area contributed by atoms with E-state index >= 15 is 0 Å². The maximum absolute atomic E-state index is 10.5. The standard InChI is InChI=1S/C14H18N4O3/c1-2-11-4-3-5-12(6-11)15-8-14(19)10-17-9-13(7-16-17)18(20)21/h3-7,9,14-15,19H,2,8,10H2,1H3. The Morgan fingerprint density at radius 1 is 1.52 bits per heavy atom. The number of nitrogens with zero attached hydrogens (tertiary/aromatic N) is 3. The predicted octanol–water partition coefficient (Wildman–Crippen LogP) is 1.83. The second-order valence-electron chi connectivity index (χ2n) is 4.77. The van der Waals surface area contributed by atoms with Gasteiger partial charge in [-0.2, -0.15) is 5.10 Å². The molecule has 0 aliphatic carbocycles. The molecule has 0 aliphatic rings. The van der Waals surface area contributed by atoms with Crippen LogP contribution in [0, 0.1) is 10.1 Å². The summed E-state index contributed by atoms with van der Waals surface area (Å²) in [7, 11) is 0. The van der Waals surface area contributed by atoms with Gasteiger partial charge >= 0.3 is 5.69 Å².